The summed E-state index contributed by atoms with van der Waals surface area (Å²) in [7, 11) is 0. The average molecular weight is 559 g/mol. The van der Waals surface area contributed by atoms with Crippen LogP contribution >= 0.6 is 0 Å². The summed E-state index contributed by atoms with van der Waals surface area (Å²) in [5.74, 6) is -1.10. The Morgan fingerprint density at radius 1 is 0.975 bits per heavy atom. The summed E-state index contributed by atoms with van der Waals surface area (Å²) in [5.41, 5.74) is -0.702. The third-order valence-corrected chi connectivity index (χ3v) is 6.90. The number of halogens is 4. The number of benzene rings is 2. The zero-order chi connectivity index (χ0) is 28.7. The monoisotopic (exact) mass is 558 g/mol. The van der Waals surface area contributed by atoms with Crippen LogP contribution in [0.2, 0.25) is 0 Å². The molecule has 0 bridgehead atoms. The predicted octanol–water partition coefficient (Wildman–Crippen LogP) is 4.98. The molecule has 40 heavy (non-hydrogen) atoms. The molecule has 1 N–H and O–H groups in total. The maximum atomic E-state index is 13.5. The number of carbonyl (C=O) groups is 3. The van der Waals surface area contributed by atoms with Crippen LogP contribution in [0, 0.1) is 11.7 Å². The Balaban J connectivity index is 1.20. The molecule has 0 radical (unpaired) electrons. The lowest BCUT2D eigenvalue weighted by Crippen LogP contribution is -2.39. The van der Waals surface area contributed by atoms with E-state index >= 15 is 0 Å². The number of amides is 2. The van der Waals surface area contributed by atoms with Crippen molar-refractivity contribution in [2.24, 2.45) is 5.92 Å². The number of likely N-dealkylation sites (tertiary alicyclic amines) is 1. The first-order valence-corrected chi connectivity index (χ1v) is 13.1. The van der Waals surface area contributed by atoms with Crippen molar-refractivity contribution in [3.63, 3.8) is 0 Å². The topological polar surface area (TPSA) is 84.3 Å². The molecule has 1 aliphatic rings. The van der Waals surface area contributed by atoms with E-state index in [1.807, 2.05) is 0 Å². The van der Waals surface area contributed by atoms with E-state index in [2.05, 4.69) is 10.4 Å². The van der Waals surface area contributed by atoms with Crippen LogP contribution in [0.4, 0.5) is 17.6 Å². The Hall–Kier alpha value is -4.02. The van der Waals surface area contributed by atoms with Crippen molar-refractivity contribution in [1.82, 2.24) is 20.0 Å². The van der Waals surface area contributed by atoms with Crippen LogP contribution in [-0.2, 0) is 22.2 Å². The van der Waals surface area contributed by atoms with Gasteiger partial charge in [0.1, 0.15) is 11.6 Å². The highest BCUT2D eigenvalue weighted by Crippen LogP contribution is 2.31. The smallest absolute Gasteiger partial charge is 0.352 e. The van der Waals surface area contributed by atoms with Crippen molar-refractivity contribution in [1.29, 1.82) is 0 Å². The van der Waals surface area contributed by atoms with Gasteiger partial charge in [-0.2, -0.15) is 18.3 Å². The van der Waals surface area contributed by atoms with Crippen molar-refractivity contribution in [2.45, 2.75) is 44.7 Å². The van der Waals surface area contributed by atoms with Crippen molar-refractivity contribution < 1.29 is 31.9 Å². The molecule has 3 aromatic rings. The lowest BCUT2D eigenvalue weighted by atomic mass is 9.90. The van der Waals surface area contributed by atoms with Gasteiger partial charge in [0, 0.05) is 45.1 Å². The third kappa shape index (κ3) is 7.77. The minimum atomic E-state index is -4.81. The lowest BCUT2D eigenvalue weighted by molar-refractivity contribution is -0.141. The average Bonchev–Trinajstić information content (AvgIpc) is 3.40. The Bertz CT molecular complexity index is 1320. The number of rotatable bonds is 10. The van der Waals surface area contributed by atoms with E-state index in [0.717, 1.165) is 16.4 Å². The molecule has 2 aromatic carbocycles. The molecule has 0 saturated carbocycles. The van der Waals surface area contributed by atoms with Crippen molar-refractivity contribution in [3.05, 3.63) is 83.4 Å². The lowest BCUT2D eigenvalue weighted by Gasteiger charge is -2.32. The SMILES string of the molecule is O=C(Cc1ccc(F)cc1)CC1CCN(C(=O)CCCNC(=O)c2cn(-c3ccccc3)nc2C(F)(F)F)CC1. The molecular weight excluding hydrogens is 528 g/mol. The fourth-order valence-electron chi connectivity index (χ4n) is 4.77. The Morgan fingerprint density at radius 2 is 1.65 bits per heavy atom. The zero-order valence-corrected chi connectivity index (χ0v) is 21.8. The maximum Gasteiger partial charge on any atom is 0.435 e. The van der Waals surface area contributed by atoms with Gasteiger partial charge in [0.25, 0.3) is 5.91 Å². The molecule has 2 heterocycles. The van der Waals surface area contributed by atoms with Gasteiger partial charge in [-0.3, -0.25) is 14.4 Å². The molecular formula is C29H30F4N4O3. The predicted molar refractivity (Wildman–Crippen MR) is 139 cm³/mol. The fraction of sp³-hybridized carbons (Fsp3) is 0.379. The van der Waals surface area contributed by atoms with Crippen molar-refractivity contribution in [3.8, 4) is 5.69 Å². The van der Waals surface area contributed by atoms with Crippen LogP contribution in [0.1, 0.15) is 53.7 Å². The number of hydrogen-bond acceptors (Lipinski definition) is 4. The molecule has 0 spiro atoms. The van der Waals surface area contributed by atoms with Crippen LogP contribution in [0.5, 0.6) is 0 Å². The van der Waals surface area contributed by atoms with Gasteiger partial charge in [-0.05, 0) is 55.0 Å². The van der Waals surface area contributed by atoms with Crippen LogP contribution in [-0.4, -0.2) is 51.9 Å². The first kappa shape index (κ1) is 29.0. The molecule has 1 saturated heterocycles. The maximum absolute atomic E-state index is 13.5. The Kier molecular flexibility index (Phi) is 9.34. The van der Waals surface area contributed by atoms with Gasteiger partial charge in [-0.25, -0.2) is 9.07 Å². The van der Waals surface area contributed by atoms with E-state index in [1.165, 1.54) is 12.1 Å². The second-order valence-electron chi connectivity index (χ2n) is 9.90. The van der Waals surface area contributed by atoms with E-state index < -0.39 is 23.3 Å². The second kappa shape index (κ2) is 12.9. The molecule has 4 rings (SSSR count). The number of carbonyl (C=O) groups excluding carboxylic acids is 3. The quantitative estimate of drug-likeness (QED) is 0.281. The Morgan fingerprint density at radius 3 is 2.30 bits per heavy atom. The molecule has 0 atom stereocenters. The summed E-state index contributed by atoms with van der Waals surface area (Å²) in [6.45, 7) is 1.08. The standard InChI is InChI=1S/C29H30F4N4O3/c30-22-10-8-20(9-11-22)17-24(38)18-21-12-15-36(16-13-21)26(39)7-4-14-34-28(40)25-19-37(23-5-2-1-3-6-23)35-27(25)29(31,32)33/h1-3,5-6,8-11,19,21H,4,7,12-18H2,(H,34,40). The van der Waals surface area contributed by atoms with Crippen LogP contribution in [0.25, 0.3) is 5.69 Å². The first-order chi connectivity index (χ1) is 19.1. The minimum absolute atomic E-state index is 0.0345. The van der Waals surface area contributed by atoms with Gasteiger partial charge >= 0.3 is 6.18 Å². The second-order valence-corrected chi connectivity index (χ2v) is 9.90. The third-order valence-electron chi connectivity index (χ3n) is 6.90. The van der Waals surface area contributed by atoms with Crippen molar-refractivity contribution >= 4 is 17.6 Å². The largest absolute Gasteiger partial charge is 0.435 e. The first-order valence-electron chi connectivity index (χ1n) is 13.1. The number of aromatic nitrogens is 2. The molecule has 11 heteroatoms. The minimum Gasteiger partial charge on any atom is -0.352 e. The van der Waals surface area contributed by atoms with Crippen LogP contribution in [0.15, 0.2) is 60.8 Å². The number of nitrogens with one attached hydrogen (secondary N) is 1. The summed E-state index contributed by atoms with van der Waals surface area (Å²) in [6, 6.07) is 14.0. The van der Waals surface area contributed by atoms with E-state index in [1.54, 1.807) is 47.4 Å². The molecule has 1 fully saturated rings. The highest BCUT2D eigenvalue weighted by molar-refractivity contribution is 5.95. The van der Waals surface area contributed by atoms with Crippen LogP contribution < -0.4 is 5.32 Å². The molecule has 1 aromatic heterocycles. The fourth-order valence-corrected chi connectivity index (χ4v) is 4.77. The van der Waals surface area contributed by atoms with Crippen LogP contribution in [0.3, 0.4) is 0 Å². The summed E-state index contributed by atoms with van der Waals surface area (Å²) in [5, 5.41) is 6.04. The summed E-state index contributed by atoms with van der Waals surface area (Å²) in [4.78, 5) is 39.3. The van der Waals surface area contributed by atoms with Crippen molar-refractivity contribution in [2.75, 3.05) is 19.6 Å². The summed E-state index contributed by atoms with van der Waals surface area (Å²) in [6.07, 6.45) is -1.28. The van der Waals surface area contributed by atoms with E-state index in [-0.39, 0.29) is 49.2 Å². The highest BCUT2D eigenvalue weighted by atomic mass is 19.4. The number of Topliss-reactive ketones (excluding diaryl/α,β-unsaturated/α-hetero) is 1. The van der Waals surface area contributed by atoms with Gasteiger partial charge < -0.3 is 10.2 Å². The molecule has 7 nitrogen and oxygen atoms in total. The number of para-hydroxylation sites is 1. The van der Waals surface area contributed by atoms with Gasteiger partial charge in [-0.1, -0.05) is 30.3 Å². The normalized spacial score (nSPS) is 14.2. The zero-order valence-electron chi connectivity index (χ0n) is 21.8. The number of ketones is 1. The molecule has 2 amide bonds. The Labute approximate surface area is 229 Å². The molecule has 212 valence electrons. The van der Waals surface area contributed by atoms with E-state index in [4.69, 9.17) is 0 Å². The highest BCUT2D eigenvalue weighted by Gasteiger charge is 2.39. The van der Waals surface area contributed by atoms with E-state index in [0.29, 0.717) is 38.0 Å². The molecule has 1 aliphatic heterocycles. The van der Waals surface area contributed by atoms with Gasteiger partial charge in [-0.15, -0.1) is 0 Å². The van der Waals surface area contributed by atoms with E-state index in [9.17, 15) is 31.9 Å². The molecule has 0 aliphatic carbocycles. The number of hydrogen-bond donors (Lipinski definition) is 1. The molecule has 0 unspecified atom stereocenters. The number of alkyl halides is 3. The number of nitrogens with zero attached hydrogens (tertiary/aromatic N) is 3. The van der Waals surface area contributed by atoms with Gasteiger partial charge in [0.2, 0.25) is 5.91 Å². The summed E-state index contributed by atoms with van der Waals surface area (Å²) >= 11 is 0. The van der Waals surface area contributed by atoms with Gasteiger partial charge in [0.15, 0.2) is 5.69 Å². The van der Waals surface area contributed by atoms with Gasteiger partial charge in [0.05, 0.1) is 11.3 Å². The number of piperidine rings is 1. The summed E-state index contributed by atoms with van der Waals surface area (Å²) < 4.78 is 54.6.